The molecule has 116 valence electrons. The Balaban J connectivity index is 4.39. The van der Waals surface area contributed by atoms with Gasteiger partial charge in [0.2, 0.25) is 0 Å². The molecule has 0 rings (SSSR count). The molecule has 0 aromatic carbocycles. The minimum Gasteiger partial charge on any atom is -0.389 e. The van der Waals surface area contributed by atoms with Crippen molar-refractivity contribution in [3.8, 4) is 0 Å². The zero-order valence-electron chi connectivity index (χ0n) is 14.2. The fourth-order valence-corrected chi connectivity index (χ4v) is 3.74. The molecule has 0 bridgehead atoms. The Hall–Kier alpha value is -0.0400. The predicted molar refractivity (Wildman–Crippen MR) is 86.5 cm³/mol. The highest BCUT2D eigenvalue weighted by Gasteiger charge is 2.44. The zero-order chi connectivity index (χ0) is 14.8. The maximum absolute atomic E-state index is 11.0. The van der Waals surface area contributed by atoms with E-state index in [1.807, 2.05) is 0 Å². The van der Waals surface area contributed by atoms with Crippen molar-refractivity contribution >= 4 is 0 Å². The highest BCUT2D eigenvalue weighted by atomic mass is 16.3. The van der Waals surface area contributed by atoms with Crippen molar-refractivity contribution in [2.24, 2.45) is 5.41 Å². The zero-order valence-corrected chi connectivity index (χ0v) is 14.2. The van der Waals surface area contributed by atoms with E-state index in [4.69, 9.17) is 0 Å². The average molecular weight is 271 g/mol. The quantitative estimate of drug-likeness (QED) is 0.425. The van der Waals surface area contributed by atoms with Crippen LogP contribution in [0.3, 0.4) is 0 Å². The van der Waals surface area contributed by atoms with Gasteiger partial charge in [0, 0.05) is 0 Å². The molecule has 0 saturated carbocycles. The smallest absolute Gasteiger partial charge is 0.0698 e. The molecule has 0 radical (unpaired) electrons. The maximum Gasteiger partial charge on any atom is 0.0698 e. The lowest BCUT2D eigenvalue weighted by Crippen LogP contribution is -2.47. The molecule has 0 amide bonds. The molecule has 0 aliphatic carbocycles. The summed E-state index contributed by atoms with van der Waals surface area (Å²) in [6, 6.07) is 0. The second-order valence-corrected chi connectivity index (χ2v) is 6.24. The van der Waals surface area contributed by atoms with Crippen LogP contribution in [0.2, 0.25) is 0 Å². The van der Waals surface area contributed by atoms with Gasteiger partial charge >= 0.3 is 0 Å². The van der Waals surface area contributed by atoms with Crippen LogP contribution in [0.25, 0.3) is 0 Å². The van der Waals surface area contributed by atoms with Crippen LogP contribution in [0.1, 0.15) is 105 Å². The van der Waals surface area contributed by atoms with Crippen molar-refractivity contribution in [2.75, 3.05) is 0 Å². The lowest BCUT2D eigenvalue weighted by Gasteiger charge is -2.47. The van der Waals surface area contributed by atoms with Crippen LogP contribution in [0.5, 0.6) is 0 Å². The second kappa shape index (κ2) is 9.80. The minimum atomic E-state index is -0.458. The van der Waals surface area contributed by atoms with Gasteiger partial charge in [-0.2, -0.15) is 0 Å². The topological polar surface area (TPSA) is 20.2 Å². The molecule has 1 N–H and O–H groups in total. The van der Waals surface area contributed by atoms with Crippen LogP contribution >= 0.6 is 0 Å². The lowest BCUT2D eigenvalue weighted by molar-refractivity contribution is -0.102. The van der Waals surface area contributed by atoms with E-state index in [2.05, 4.69) is 34.6 Å². The van der Waals surface area contributed by atoms with E-state index in [9.17, 15) is 5.11 Å². The van der Waals surface area contributed by atoms with E-state index in [1.165, 1.54) is 44.9 Å². The molecule has 0 fully saturated rings. The predicted octanol–water partition coefficient (Wildman–Crippen LogP) is 6.09. The summed E-state index contributed by atoms with van der Waals surface area (Å²) in [4.78, 5) is 0. The Labute approximate surface area is 122 Å². The standard InChI is InChI=1S/C18H38O/c1-6-11-12-13-14-15-16-17(7-2,8-3)18(19,9-4)10-5/h19H,6-16H2,1-5H3. The van der Waals surface area contributed by atoms with Gasteiger partial charge in [-0.15, -0.1) is 0 Å². The molecule has 0 aliphatic heterocycles. The van der Waals surface area contributed by atoms with Crippen LogP contribution in [0.4, 0.5) is 0 Å². The lowest BCUT2D eigenvalue weighted by atomic mass is 9.63. The van der Waals surface area contributed by atoms with Crippen molar-refractivity contribution in [3.05, 3.63) is 0 Å². The third-order valence-electron chi connectivity index (χ3n) is 5.52. The molecule has 0 unspecified atom stereocenters. The summed E-state index contributed by atoms with van der Waals surface area (Å²) >= 11 is 0. The number of unbranched alkanes of at least 4 members (excludes halogenated alkanes) is 5. The molecular formula is C18H38O. The third-order valence-corrected chi connectivity index (χ3v) is 5.52. The second-order valence-electron chi connectivity index (χ2n) is 6.24. The fourth-order valence-electron chi connectivity index (χ4n) is 3.74. The molecule has 0 spiro atoms. The summed E-state index contributed by atoms with van der Waals surface area (Å²) in [6.07, 6.45) is 13.3. The van der Waals surface area contributed by atoms with Gasteiger partial charge in [0.05, 0.1) is 5.60 Å². The summed E-state index contributed by atoms with van der Waals surface area (Å²) < 4.78 is 0. The summed E-state index contributed by atoms with van der Waals surface area (Å²) in [6.45, 7) is 11.1. The minimum absolute atomic E-state index is 0.140. The highest BCUT2D eigenvalue weighted by Crippen LogP contribution is 2.46. The molecule has 0 heterocycles. The van der Waals surface area contributed by atoms with Gasteiger partial charge in [-0.1, -0.05) is 73.1 Å². The van der Waals surface area contributed by atoms with Crippen LogP contribution in [-0.2, 0) is 0 Å². The largest absolute Gasteiger partial charge is 0.389 e. The molecular weight excluding hydrogens is 232 g/mol. The fraction of sp³-hybridized carbons (Fsp3) is 1.00. The van der Waals surface area contributed by atoms with Gasteiger partial charge in [-0.05, 0) is 37.5 Å². The van der Waals surface area contributed by atoms with Crippen molar-refractivity contribution in [1.82, 2.24) is 0 Å². The molecule has 1 nitrogen and oxygen atoms in total. The Morgan fingerprint density at radius 3 is 1.53 bits per heavy atom. The van der Waals surface area contributed by atoms with Gasteiger partial charge < -0.3 is 5.11 Å². The van der Waals surface area contributed by atoms with Gasteiger partial charge in [0.1, 0.15) is 0 Å². The third kappa shape index (κ3) is 5.10. The maximum atomic E-state index is 11.0. The first-order chi connectivity index (χ1) is 9.05. The van der Waals surface area contributed by atoms with E-state index in [0.29, 0.717) is 0 Å². The molecule has 1 heteroatoms. The Kier molecular flexibility index (Phi) is 9.78. The van der Waals surface area contributed by atoms with E-state index in [0.717, 1.165) is 25.7 Å². The monoisotopic (exact) mass is 270 g/mol. The van der Waals surface area contributed by atoms with Crippen LogP contribution in [-0.4, -0.2) is 10.7 Å². The summed E-state index contributed by atoms with van der Waals surface area (Å²) in [5, 5.41) is 11.0. The van der Waals surface area contributed by atoms with E-state index < -0.39 is 5.60 Å². The van der Waals surface area contributed by atoms with E-state index in [1.54, 1.807) is 0 Å². The van der Waals surface area contributed by atoms with Gasteiger partial charge in [-0.25, -0.2) is 0 Å². The summed E-state index contributed by atoms with van der Waals surface area (Å²) in [5.41, 5.74) is -0.318. The normalized spacial score (nSPS) is 12.9. The molecule has 0 saturated heterocycles. The van der Waals surface area contributed by atoms with Crippen LogP contribution in [0.15, 0.2) is 0 Å². The van der Waals surface area contributed by atoms with Crippen molar-refractivity contribution in [1.29, 1.82) is 0 Å². The van der Waals surface area contributed by atoms with Crippen LogP contribution in [0, 0.1) is 5.41 Å². The summed E-state index contributed by atoms with van der Waals surface area (Å²) in [5.74, 6) is 0. The number of hydrogen-bond acceptors (Lipinski definition) is 1. The number of hydrogen-bond donors (Lipinski definition) is 1. The van der Waals surface area contributed by atoms with Gasteiger partial charge in [-0.3, -0.25) is 0 Å². The first-order valence-electron chi connectivity index (χ1n) is 8.78. The van der Waals surface area contributed by atoms with Gasteiger partial charge in [0.25, 0.3) is 0 Å². The molecule has 0 aromatic heterocycles. The van der Waals surface area contributed by atoms with Crippen molar-refractivity contribution in [3.63, 3.8) is 0 Å². The first kappa shape index (κ1) is 19.0. The van der Waals surface area contributed by atoms with E-state index in [-0.39, 0.29) is 5.41 Å². The van der Waals surface area contributed by atoms with Crippen LogP contribution < -0.4 is 0 Å². The number of rotatable bonds is 12. The molecule has 0 aromatic rings. The Morgan fingerprint density at radius 1 is 0.632 bits per heavy atom. The Bertz CT molecular complexity index is 202. The Morgan fingerprint density at radius 2 is 1.11 bits per heavy atom. The number of aliphatic hydroxyl groups is 1. The highest BCUT2D eigenvalue weighted by molar-refractivity contribution is 4.95. The molecule has 0 aliphatic rings. The SMILES string of the molecule is CCCCCCCCC(CC)(CC)C(O)(CC)CC. The van der Waals surface area contributed by atoms with Crippen molar-refractivity contribution < 1.29 is 5.11 Å². The summed E-state index contributed by atoms with van der Waals surface area (Å²) in [7, 11) is 0. The molecule has 0 atom stereocenters. The van der Waals surface area contributed by atoms with Crippen molar-refractivity contribution in [2.45, 2.75) is 111 Å². The first-order valence-corrected chi connectivity index (χ1v) is 8.78. The van der Waals surface area contributed by atoms with E-state index >= 15 is 0 Å². The average Bonchev–Trinajstić information content (AvgIpc) is 2.46. The molecule has 19 heavy (non-hydrogen) atoms. The van der Waals surface area contributed by atoms with Gasteiger partial charge in [0.15, 0.2) is 0 Å².